The van der Waals surface area contributed by atoms with Crippen LogP contribution in [0.25, 0.3) is 11.1 Å². The van der Waals surface area contributed by atoms with Gasteiger partial charge in [-0.3, -0.25) is 9.59 Å². The molecule has 3 aromatic carbocycles. The summed E-state index contributed by atoms with van der Waals surface area (Å²) in [6.07, 6.45) is 0.237. The van der Waals surface area contributed by atoms with Crippen LogP contribution in [0, 0.1) is 11.8 Å². The Bertz CT molecular complexity index is 1390. The van der Waals surface area contributed by atoms with E-state index in [1.807, 2.05) is 42.3 Å². The Hall–Kier alpha value is -3.55. The zero-order valence-electron chi connectivity index (χ0n) is 20.8. The third-order valence-corrected chi connectivity index (χ3v) is 8.28. The molecule has 7 nitrogen and oxygen atoms in total. The maximum absolute atomic E-state index is 14.1. The number of carbonyl (C=O) groups is 2. The number of carbonyl (C=O) groups excluding carboxylic acids is 2. The highest BCUT2D eigenvalue weighted by molar-refractivity contribution is 6.35. The Labute approximate surface area is 220 Å². The second kappa shape index (κ2) is 8.78. The Morgan fingerprint density at radius 1 is 1.00 bits per heavy atom. The number of ketones is 2. The van der Waals surface area contributed by atoms with Crippen LogP contribution in [0.2, 0.25) is 5.02 Å². The van der Waals surface area contributed by atoms with Gasteiger partial charge in [0.1, 0.15) is 27.9 Å². The van der Waals surface area contributed by atoms with Gasteiger partial charge in [-0.05, 0) is 23.3 Å². The van der Waals surface area contributed by atoms with Crippen LogP contribution in [0.1, 0.15) is 23.7 Å². The average molecular weight is 519 g/mol. The van der Waals surface area contributed by atoms with Crippen molar-refractivity contribution < 1.29 is 23.8 Å². The summed E-state index contributed by atoms with van der Waals surface area (Å²) >= 11 is 6.60. The molecule has 3 aliphatic rings. The highest BCUT2D eigenvalue weighted by Crippen LogP contribution is 2.55. The number of hydrogen-bond donors (Lipinski definition) is 1. The molecule has 3 aromatic rings. The van der Waals surface area contributed by atoms with Crippen molar-refractivity contribution in [3.8, 4) is 28.4 Å². The zero-order chi connectivity index (χ0) is 25.9. The SMILES string of the molecule is COc1cc(OC)c2c(c1Cl)OC1(C2=O)C(C)CC(=O)C2CN(c3ccc(-c4ccccc4)cc3)NC21. The van der Waals surface area contributed by atoms with Crippen LogP contribution < -0.4 is 24.6 Å². The number of methoxy groups -OCH3 is 2. The van der Waals surface area contributed by atoms with Crippen molar-refractivity contribution in [2.45, 2.75) is 25.0 Å². The summed E-state index contributed by atoms with van der Waals surface area (Å²) in [5, 5.41) is 2.16. The molecule has 0 amide bonds. The number of hydrogen-bond acceptors (Lipinski definition) is 7. The fraction of sp³-hybridized carbons (Fsp3) is 0.310. The topological polar surface area (TPSA) is 77.1 Å². The lowest BCUT2D eigenvalue weighted by Crippen LogP contribution is -2.66. The largest absolute Gasteiger partial charge is 0.496 e. The van der Waals surface area contributed by atoms with Crippen molar-refractivity contribution in [1.29, 1.82) is 0 Å². The number of benzene rings is 3. The number of nitrogens with one attached hydrogen (secondary N) is 1. The molecule has 0 aromatic heterocycles. The molecule has 8 heteroatoms. The second-order valence-corrected chi connectivity index (χ2v) is 10.2. The second-order valence-electron chi connectivity index (χ2n) is 9.83. The first-order valence-electron chi connectivity index (χ1n) is 12.3. The van der Waals surface area contributed by atoms with E-state index in [2.05, 4.69) is 29.7 Å². The lowest BCUT2D eigenvalue weighted by Gasteiger charge is -2.43. The van der Waals surface area contributed by atoms with Gasteiger partial charge in [-0.15, -0.1) is 0 Å². The quantitative estimate of drug-likeness (QED) is 0.523. The molecule has 0 bridgehead atoms. The van der Waals surface area contributed by atoms with Crippen molar-refractivity contribution in [2.24, 2.45) is 11.8 Å². The molecule has 1 saturated carbocycles. The molecule has 0 radical (unpaired) electrons. The van der Waals surface area contributed by atoms with Crippen molar-refractivity contribution in [2.75, 3.05) is 25.8 Å². The molecule has 37 heavy (non-hydrogen) atoms. The molecule has 2 heterocycles. The number of Topliss-reactive ketones (excluding diaryl/α,β-unsaturated/α-hetero) is 2. The number of rotatable bonds is 4. The van der Waals surface area contributed by atoms with Gasteiger partial charge in [0.25, 0.3) is 0 Å². The Morgan fingerprint density at radius 3 is 2.35 bits per heavy atom. The van der Waals surface area contributed by atoms with Crippen LogP contribution in [0.15, 0.2) is 60.7 Å². The van der Waals surface area contributed by atoms with E-state index in [4.69, 9.17) is 25.8 Å². The third-order valence-electron chi connectivity index (χ3n) is 7.92. The van der Waals surface area contributed by atoms with Gasteiger partial charge in [-0.2, -0.15) is 0 Å². The van der Waals surface area contributed by atoms with Gasteiger partial charge in [0.05, 0.1) is 31.9 Å². The minimum atomic E-state index is -1.30. The van der Waals surface area contributed by atoms with Crippen LogP contribution in [0.4, 0.5) is 5.69 Å². The third kappa shape index (κ3) is 3.45. The molecule has 2 fully saturated rings. The number of anilines is 1. The van der Waals surface area contributed by atoms with Gasteiger partial charge in [0.2, 0.25) is 5.78 Å². The summed E-state index contributed by atoms with van der Waals surface area (Å²) in [5.74, 6) is 0.0311. The molecule has 4 atom stereocenters. The number of fused-ring (bicyclic) bond motifs is 3. The highest BCUT2D eigenvalue weighted by Gasteiger charge is 2.66. The predicted octanol–water partition coefficient (Wildman–Crippen LogP) is 4.96. The van der Waals surface area contributed by atoms with E-state index < -0.39 is 17.6 Å². The van der Waals surface area contributed by atoms with E-state index >= 15 is 0 Å². The van der Waals surface area contributed by atoms with Crippen LogP contribution in [-0.2, 0) is 4.79 Å². The first-order valence-corrected chi connectivity index (χ1v) is 12.7. The number of hydrazine groups is 1. The molecule has 1 N–H and O–H groups in total. The fourth-order valence-electron chi connectivity index (χ4n) is 6.00. The smallest absolute Gasteiger partial charge is 0.215 e. The number of halogens is 1. The molecular formula is C29H27ClN2O5. The molecule has 2 aliphatic heterocycles. The minimum Gasteiger partial charge on any atom is -0.496 e. The van der Waals surface area contributed by atoms with Crippen LogP contribution >= 0.6 is 11.6 Å². The Kier molecular flexibility index (Phi) is 5.66. The molecule has 1 aliphatic carbocycles. The van der Waals surface area contributed by atoms with Gasteiger partial charge >= 0.3 is 0 Å². The predicted molar refractivity (Wildman–Crippen MR) is 141 cm³/mol. The molecule has 4 unspecified atom stereocenters. The standard InChI is InChI=1S/C29H27ClN2O5/c1-16-13-21(33)20-15-32(19-11-9-18(10-12-19)17-7-5-4-6-8-17)31-27(20)29(16)28(34)24-22(35-2)14-23(36-3)25(30)26(24)37-29/h4-12,14,16,20,27,31H,13,15H2,1-3H3. The first kappa shape index (κ1) is 23.8. The van der Waals surface area contributed by atoms with E-state index in [0.29, 0.717) is 23.6 Å². The minimum absolute atomic E-state index is 0.113. The summed E-state index contributed by atoms with van der Waals surface area (Å²) in [5.41, 5.74) is 5.59. The molecular weight excluding hydrogens is 492 g/mol. The van der Waals surface area contributed by atoms with E-state index in [-0.39, 0.29) is 34.7 Å². The van der Waals surface area contributed by atoms with Gasteiger partial charge in [-0.25, -0.2) is 5.43 Å². The first-order chi connectivity index (χ1) is 17.9. The molecule has 190 valence electrons. The average Bonchev–Trinajstić information content (AvgIpc) is 3.51. The summed E-state index contributed by atoms with van der Waals surface area (Å²) in [7, 11) is 2.99. The van der Waals surface area contributed by atoms with Crippen LogP contribution in [0.5, 0.6) is 17.2 Å². The van der Waals surface area contributed by atoms with Crippen molar-refractivity contribution in [3.63, 3.8) is 0 Å². The number of ether oxygens (including phenoxy) is 3. The zero-order valence-corrected chi connectivity index (χ0v) is 21.5. The van der Waals surface area contributed by atoms with Crippen molar-refractivity contribution in [1.82, 2.24) is 5.43 Å². The van der Waals surface area contributed by atoms with E-state index in [0.717, 1.165) is 16.8 Å². The van der Waals surface area contributed by atoms with Crippen molar-refractivity contribution in [3.05, 3.63) is 71.2 Å². The number of nitrogens with zero attached hydrogens (tertiary/aromatic N) is 1. The summed E-state index contributed by atoms with van der Waals surface area (Å²) in [6.45, 7) is 2.32. The van der Waals surface area contributed by atoms with Crippen LogP contribution in [0.3, 0.4) is 0 Å². The lowest BCUT2D eigenvalue weighted by molar-refractivity contribution is -0.131. The van der Waals surface area contributed by atoms with Gasteiger partial charge in [0, 0.05) is 24.9 Å². The van der Waals surface area contributed by atoms with E-state index in [1.54, 1.807) is 6.07 Å². The summed E-state index contributed by atoms with van der Waals surface area (Å²) in [4.78, 5) is 27.3. The monoisotopic (exact) mass is 518 g/mol. The summed E-state index contributed by atoms with van der Waals surface area (Å²) in [6, 6.07) is 19.3. The molecule has 1 saturated heterocycles. The van der Waals surface area contributed by atoms with Gasteiger partial charge < -0.3 is 19.2 Å². The van der Waals surface area contributed by atoms with Gasteiger partial charge in [0.15, 0.2) is 11.4 Å². The van der Waals surface area contributed by atoms with E-state index in [9.17, 15) is 9.59 Å². The normalized spacial score (nSPS) is 26.2. The fourth-order valence-corrected chi connectivity index (χ4v) is 6.26. The molecule has 6 rings (SSSR count). The lowest BCUT2D eigenvalue weighted by atomic mass is 9.65. The maximum atomic E-state index is 14.1. The summed E-state index contributed by atoms with van der Waals surface area (Å²) < 4.78 is 17.4. The van der Waals surface area contributed by atoms with Gasteiger partial charge in [-0.1, -0.05) is 61.0 Å². The van der Waals surface area contributed by atoms with Crippen molar-refractivity contribution >= 4 is 28.9 Å². The maximum Gasteiger partial charge on any atom is 0.215 e. The molecule has 1 spiro atoms. The van der Waals surface area contributed by atoms with Crippen LogP contribution in [-0.4, -0.2) is 44.0 Å². The van der Waals surface area contributed by atoms with E-state index in [1.165, 1.54) is 14.2 Å². The highest BCUT2D eigenvalue weighted by atomic mass is 35.5. The Morgan fingerprint density at radius 2 is 1.68 bits per heavy atom. The Balaban J connectivity index is 1.36.